The van der Waals surface area contributed by atoms with Gasteiger partial charge < -0.3 is 5.11 Å². The van der Waals surface area contributed by atoms with Gasteiger partial charge in [-0.3, -0.25) is 9.40 Å². The predicted molar refractivity (Wildman–Crippen MR) is 78.3 cm³/mol. The maximum atomic E-state index is 12.3. The second-order valence-electron chi connectivity index (χ2n) is 3.97. The number of nitrogens with one attached hydrogen (secondary N) is 1. The molecule has 0 fully saturated rings. The van der Waals surface area contributed by atoms with Crippen LogP contribution in [0.3, 0.4) is 0 Å². The predicted octanol–water partition coefficient (Wildman–Crippen LogP) is 1.40. The molecule has 0 saturated heterocycles. The van der Waals surface area contributed by atoms with Gasteiger partial charge in [0, 0.05) is 11.1 Å². The van der Waals surface area contributed by atoms with E-state index in [-0.39, 0.29) is 18.0 Å². The Kier molecular flexibility index (Phi) is 4.69. The van der Waals surface area contributed by atoms with Crippen molar-refractivity contribution in [3.05, 3.63) is 36.7 Å². The van der Waals surface area contributed by atoms with Crippen LogP contribution in [-0.2, 0) is 16.6 Å². The van der Waals surface area contributed by atoms with Crippen molar-refractivity contribution in [2.24, 2.45) is 0 Å². The lowest BCUT2D eigenvalue weighted by Crippen LogP contribution is -2.13. The van der Waals surface area contributed by atoms with Crippen molar-refractivity contribution in [1.82, 2.24) is 9.78 Å². The lowest BCUT2D eigenvalue weighted by Gasteiger charge is -2.09. The third-order valence-corrected chi connectivity index (χ3v) is 4.72. The third-order valence-electron chi connectivity index (χ3n) is 2.60. The van der Waals surface area contributed by atoms with Crippen LogP contribution < -0.4 is 4.72 Å². The molecule has 0 aliphatic rings. The number of rotatable bonds is 6. The Hall–Kier alpha value is -1.51. The molecule has 0 aliphatic heterocycles. The molecule has 0 aliphatic carbocycles. The topological polar surface area (TPSA) is 84.2 Å². The number of hydrogen-bond donors (Lipinski definition) is 2. The Balaban J connectivity index is 2.26. The summed E-state index contributed by atoms with van der Waals surface area (Å²) in [5.74, 6) is 0. The van der Waals surface area contributed by atoms with Crippen LogP contribution in [0.1, 0.15) is 0 Å². The number of benzene rings is 1. The molecule has 6 nitrogen and oxygen atoms in total. The van der Waals surface area contributed by atoms with E-state index in [1.54, 1.807) is 12.1 Å². The monoisotopic (exact) mass is 313 g/mol. The van der Waals surface area contributed by atoms with Crippen LogP contribution >= 0.6 is 11.8 Å². The fraction of sp³-hybridized carbons (Fsp3) is 0.250. The molecule has 0 atom stereocenters. The normalized spacial score (nSPS) is 11.5. The Morgan fingerprint density at radius 2 is 2.15 bits per heavy atom. The summed E-state index contributed by atoms with van der Waals surface area (Å²) in [7, 11) is -3.67. The fourth-order valence-corrected chi connectivity index (χ4v) is 3.29. The number of hydrogen-bond acceptors (Lipinski definition) is 5. The molecule has 2 rings (SSSR count). The van der Waals surface area contributed by atoms with Crippen molar-refractivity contribution < 1.29 is 13.5 Å². The molecule has 0 saturated carbocycles. The molecule has 1 heterocycles. The third kappa shape index (κ3) is 3.33. The average molecular weight is 313 g/mol. The minimum atomic E-state index is -3.67. The van der Waals surface area contributed by atoms with Gasteiger partial charge in [0.2, 0.25) is 0 Å². The van der Waals surface area contributed by atoms with E-state index < -0.39 is 10.0 Å². The van der Waals surface area contributed by atoms with E-state index in [0.29, 0.717) is 5.69 Å². The zero-order valence-electron chi connectivity index (χ0n) is 10.9. The van der Waals surface area contributed by atoms with E-state index in [0.717, 1.165) is 4.90 Å². The van der Waals surface area contributed by atoms with Gasteiger partial charge in [-0.05, 0) is 18.4 Å². The number of aliphatic hydroxyl groups is 1. The summed E-state index contributed by atoms with van der Waals surface area (Å²) in [5, 5.41) is 12.7. The number of aromatic nitrogens is 2. The molecule has 8 heteroatoms. The molecule has 0 spiro atoms. The molecule has 1 aromatic heterocycles. The Morgan fingerprint density at radius 3 is 2.85 bits per heavy atom. The molecule has 0 bridgehead atoms. The number of nitrogens with zero attached hydrogens (tertiary/aromatic N) is 2. The minimum absolute atomic E-state index is 0.0712. The standard InChI is InChI=1S/C12H15N3O3S2/c1-19-12-5-3-2-4-11(12)14-20(17,18)10-8-13-15(9-10)6-7-16/h2-5,8-9,14,16H,6-7H2,1H3. The van der Waals surface area contributed by atoms with Gasteiger partial charge in [-0.25, -0.2) is 8.42 Å². The molecule has 2 N–H and O–H groups in total. The van der Waals surface area contributed by atoms with Gasteiger partial charge in [0.1, 0.15) is 4.90 Å². The van der Waals surface area contributed by atoms with Gasteiger partial charge in [-0.15, -0.1) is 11.8 Å². The molecule has 1 aromatic carbocycles. The van der Waals surface area contributed by atoms with E-state index >= 15 is 0 Å². The summed E-state index contributed by atoms with van der Waals surface area (Å²) >= 11 is 1.46. The van der Waals surface area contributed by atoms with Gasteiger partial charge in [0.05, 0.1) is 25.0 Å². The zero-order valence-corrected chi connectivity index (χ0v) is 12.5. The van der Waals surface area contributed by atoms with E-state index in [2.05, 4.69) is 9.82 Å². The summed E-state index contributed by atoms with van der Waals surface area (Å²) in [4.78, 5) is 0.917. The quantitative estimate of drug-likeness (QED) is 0.788. The zero-order chi connectivity index (χ0) is 14.6. The Labute approximate surface area is 121 Å². The molecule has 20 heavy (non-hydrogen) atoms. The van der Waals surface area contributed by atoms with Crippen molar-refractivity contribution in [2.45, 2.75) is 16.3 Å². The second kappa shape index (κ2) is 6.29. The summed E-state index contributed by atoms with van der Waals surface area (Å²) in [5.41, 5.74) is 0.537. The van der Waals surface area contributed by atoms with E-state index in [4.69, 9.17) is 5.11 Å². The lowest BCUT2D eigenvalue weighted by atomic mass is 10.3. The average Bonchev–Trinajstić information content (AvgIpc) is 2.89. The van der Waals surface area contributed by atoms with Gasteiger partial charge in [-0.2, -0.15) is 5.10 Å². The van der Waals surface area contributed by atoms with Gasteiger partial charge in [0.15, 0.2) is 0 Å². The van der Waals surface area contributed by atoms with Gasteiger partial charge >= 0.3 is 0 Å². The lowest BCUT2D eigenvalue weighted by molar-refractivity contribution is 0.269. The first-order chi connectivity index (χ1) is 9.56. The first-order valence-electron chi connectivity index (χ1n) is 5.86. The fourth-order valence-electron chi connectivity index (χ4n) is 1.64. The van der Waals surface area contributed by atoms with Gasteiger partial charge in [-0.1, -0.05) is 12.1 Å². The van der Waals surface area contributed by atoms with Crippen LogP contribution in [0, 0.1) is 0 Å². The molecular weight excluding hydrogens is 298 g/mol. The van der Waals surface area contributed by atoms with Crippen molar-refractivity contribution in [1.29, 1.82) is 0 Å². The first kappa shape index (κ1) is 14.9. The van der Waals surface area contributed by atoms with Crippen LogP contribution in [-0.4, -0.2) is 36.2 Å². The van der Waals surface area contributed by atoms with Crippen LogP contribution in [0.2, 0.25) is 0 Å². The highest BCUT2D eigenvalue weighted by Crippen LogP contribution is 2.26. The molecule has 0 unspecified atom stereocenters. The smallest absolute Gasteiger partial charge is 0.265 e. The van der Waals surface area contributed by atoms with Crippen LogP contribution in [0.5, 0.6) is 0 Å². The van der Waals surface area contributed by atoms with Crippen LogP contribution in [0.25, 0.3) is 0 Å². The number of thioether (sulfide) groups is 1. The summed E-state index contributed by atoms with van der Waals surface area (Å²) in [6.07, 6.45) is 4.53. The maximum absolute atomic E-state index is 12.3. The summed E-state index contributed by atoms with van der Waals surface area (Å²) in [6, 6.07) is 7.18. The maximum Gasteiger partial charge on any atom is 0.265 e. The number of sulfonamides is 1. The molecule has 2 aromatic rings. The molecule has 0 radical (unpaired) electrons. The highest BCUT2D eigenvalue weighted by atomic mass is 32.2. The van der Waals surface area contributed by atoms with Crippen molar-refractivity contribution >= 4 is 27.5 Å². The highest BCUT2D eigenvalue weighted by Gasteiger charge is 2.17. The number of anilines is 1. The Morgan fingerprint density at radius 1 is 1.40 bits per heavy atom. The van der Waals surface area contributed by atoms with Crippen LogP contribution in [0.15, 0.2) is 46.5 Å². The highest BCUT2D eigenvalue weighted by molar-refractivity contribution is 7.99. The van der Waals surface area contributed by atoms with Gasteiger partial charge in [0.25, 0.3) is 10.0 Å². The van der Waals surface area contributed by atoms with Crippen LogP contribution in [0.4, 0.5) is 5.69 Å². The van der Waals surface area contributed by atoms with Crippen molar-refractivity contribution in [2.75, 3.05) is 17.6 Å². The molecular formula is C12H15N3O3S2. The SMILES string of the molecule is CSc1ccccc1NS(=O)(=O)c1cnn(CCO)c1. The van der Waals surface area contributed by atoms with Crippen molar-refractivity contribution in [3.8, 4) is 0 Å². The first-order valence-corrected chi connectivity index (χ1v) is 8.57. The summed E-state index contributed by atoms with van der Waals surface area (Å²) in [6.45, 7) is 0.167. The largest absolute Gasteiger partial charge is 0.394 e. The number of aliphatic hydroxyl groups excluding tert-OH is 1. The molecule has 108 valence electrons. The van der Waals surface area contributed by atoms with E-state index in [9.17, 15) is 8.42 Å². The van der Waals surface area contributed by atoms with Crippen molar-refractivity contribution in [3.63, 3.8) is 0 Å². The van der Waals surface area contributed by atoms with E-state index in [1.807, 2.05) is 18.4 Å². The Bertz CT molecular complexity index is 683. The summed E-state index contributed by atoms with van der Waals surface area (Å²) < 4.78 is 28.4. The van der Waals surface area contributed by atoms with E-state index in [1.165, 1.54) is 28.8 Å². The number of para-hydroxylation sites is 1. The second-order valence-corrected chi connectivity index (χ2v) is 6.50. The minimum Gasteiger partial charge on any atom is -0.394 e. The molecule has 0 amide bonds.